The predicted octanol–water partition coefficient (Wildman–Crippen LogP) is 3.09. The van der Waals surface area contributed by atoms with Crippen LogP contribution in [0.25, 0.3) is 10.8 Å². The lowest BCUT2D eigenvalue weighted by atomic mass is 9.79. The normalized spacial score (nSPS) is 38.8. The molecule has 1 fully saturated rings. The van der Waals surface area contributed by atoms with Crippen LogP contribution in [0.4, 0.5) is 5.69 Å². The molecule has 0 saturated heterocycles. The molecule has 1 amide bonds. The fourth-order valence-electron chi connectivity index (χ4n) is 7.54. The van der Waals surface area contributed by atoms with E-state index in [0.29, 0.717) is 6.42 Å². The Kier molecular flexibility index (Phi) is 8.22. The number of hydrogen-bond donors (Lipinski definition) is 6. The first kappa shape index (κ1) is 34.0. The molecule has 260 valence electrons. The number of aliphatic hydroxyl groups excluding tert-OH is 3. The van der Waals surface area contributed by atoms with E-state index in [2.05, 4.69) is 5.32 Å². The number of ether oxygens (including phenoxy) is 4. The number of carbonyl (C=O) groups is 3. The summed E-state index contributed by atoms with van der Waals surface area (Å²) in [7, 11) is 1.44. The van der Waals surface area contributed by atoms with Gasteiger partial charge in [-0.15, -0.1) is 0 Å². The fourth-order valence-corrected chi connectivity index (χ4v) is 7.54. The van der Waals surface area contributed by atoms with E-state index in [1.165, 1.54) is 46.3 Å². The maximum absolute atomic E-state index is 14.0. The molecule has 0 spiro atoms. The number of methoxy groups -OCH3 is 1. The third-order valence-electron chi connectivity index (χ3n) is 10.9. The number of aromatic hydroxyl groups is 2. The second-order valence-electron chi connectivity index (χ2n) is 14.2. The van der Waals surface area contributed by atoms with Gasteiger partial charge in [0.15, 0.2) is 11.4 Å². The van der Waals surface area contributed by atoms with Gasteiger partial charge in [-0.2, -0.15) is 0 Å². The molecule has 3 heterocycles. The third-order valence-corrected chi connectivity index (χ3v) is 10.9. The molecule has 13 heteroatoms. The fraction of sp³-hybridized carbons (Fsp3) is 0.571. The largest absolute Gasteiger partial charge is 0.507 e. The van der Waals surface area contributed by atoms with Gasteiger partial charge in [0.25, 0.3) is 11.7 Å². The van der Waals surface area contributed by atoms with Crippen LogP contribution in [-0.4, -0.2) is 85.9 Å². The summed E-state index contributed by atoms with van der Waals surface area (Å²) in [5.41, 5.74) is -1.64. The zero-order valence-corrected chi connectivity index (χ0v) is 27.9. The Morgan fingerprint density at radius 2 is 1.56 bits per heavy atom. The molecule has 3 aliphatic heterocycles. The van der Waals surface area contributed by atoms with E-state index >= 15 is 0 Å². The number of phenolic OH excluding ortho intramolecular Hbond substituents is 2. The monoisotopic (exact) mass is 669 g/mol. The highest BCUT2D eigenvalue weighted by Gasteiger charge is 2.54. The van der Waals surface area contributed by atoms with Gasteiger partial charge in [0, 0.05) is 54.7 Å². The summed E-state index contributed by atoms with van der Waals surface area (Å²) >= 11 is 0. The molecule has 6 bridgehead atoms. The Morgan fingerprint density at radius 1 is 0.917 bits per heavy atom. The van der Waals surface area contributed by atoms with Crippen molar-refractivity contribution in [2.24, 2.45) is 29.6 Å². The van der Waals surface area contributed by atoms with Gasteiger partial charge in [0.05, 0.1) is 53.7 Å². The van der Waals surface area contributed by atoms with Crippen molar-refractivity contribution in [3.63, 3.8) is 0 Å². The summed E-state index contributed by atoms with van der Waals surface area (Å²) in [6.45, 7) is 9.38. The van der Waals surface area contributed by atoms with Gasteiger partial charge in [-0.1, -0.05) is 20.8 Å². The van der Waals surface area contributed by atoms with Gasteiger partial charge in [0.1, 0.15) is 23.0 Å². The van der Waals surface area contributed by atoms with E-state index in [0.717, 1.165) is 0 Å². The first-order chi connectivity index (χ1) is 22.5. The van der Waals surface area contributed by atoms with Crippen molar-refractivity contribution in [1.29, 1.82) is 0 Å². The Bertz CT molecular complexity index is 1740. The van der Waals surface area contributed by atoms with Crippen LogP contribution >= 0.6 is 0 Å². The highest BCUT2D eigenvalue weighted by molar-refractivity contribution is 6.22. The molecular weight excluding hydrogens is 626 g/mol. The summed E-state index contributed by atoms with van der Waals surface area (Å²) in [6.07, 6.45) is -1.33. The zero-order valence-electron chi connectivity index (χ0n) is 27.9. The first-order valence-electron chi connectivity index (χ1n) is 16.2. The number of ketones is 2. The number of carbonyl (C=O) groups excluding carboxylic acids is 3. The number of nitrogens with one attached hydrogen (secondary N) is 1. The maximum atomic E-state index is 14.0. The maximum Gasteiger partial charge on any atom is 0.312 e. The number of anilines is 1. The van der Waals surface area contributed by atoms with Crippen molar-refractivity contribution in [2.75, 3.05) is 12.4 Å². The number of hydrogen-bond acceptors (Lipinski definition) is 12. The minimum absolute atomic E-state index is 0.0188. The van der Waals surface area contributed by atoms with Crippen molar-refractivity contribution >= 4 is 33.9 Å². The van der Waals surface area contributed by atoms with Crippen molar-refractivity contribution in [3.8, 4) is 23.0 Å². The van der Waals surface area contributed by atoms with Gasteiger partial charge in [-0.25, -0.2) is 0 Å². The minimum atomic E-state index is -1.93. The lowest BCUT2D eigenvalue weighted by Gasteiger charge is -2.36. The molecule has 13 nitrogen and oxygen atoms in total. The van der Waals surface area contributed by atoms with Crippen molar-refractivity contribution < 1.29 is 58.9 Å². The topological polar surface area (TPSA) is 201 Å². The van der Waals surface area contributed by atoms with Crippen molar-refractivity contribution in [3.05, 3.63) is 29.5 Å². The van der Waals surface area contributed by atoms with Crippen LogP contribution in [0.2, 0.25) is 0 Å². The summed E-state index contributed by atoms with van der Waals surface area (Å²) in [5.74, 6) is -7.51. The van der Waals surface area contributed by atoms with E-state index in [4.69, 9.17) is 18.9 Å². The Labute approximate surface area is 277 Å². The quantitative estimate of drug-likeness (QED) is 0.260. The molecular formula is C35H43NO12. The minimum Gasteiger partial charge on any atom is -0.507 e. The Balaban J connectivity index is 1.48. The van der Waals surface area contributed by atoms with E-state index in [1.807, 2.05) is 0 Å². The second-order valence-corrected chi connectivity index (χ2v) is 14.2. The smallest absolute Gasteiger partial charge is 0.312 e. The summed E-state index contributed by atoms with van der Waals surface area (Å²) in [6, 6.07) is 1.20. The first-order valence-corrected chi connectivity index (χ1v) is 16.2. The molecule has 4 aliphatic rings. The molecule has 48 heavy (non-hydrogen) atoms. The van der Waals surface area contributed by atoms with Crippen molar-refractivity contribution in [1.82, 2.24) is 0 Å². The summed E-state index contributed by atoms with van der Waals surface area (Å²) in [4.78, 5) is 41.0. The molecule has 2 aromatic rings. The standard InChI is InChI=1S/C35H43NO12/c1-13-22(45-7)8-9-46-35(6)32(43)25-23-20(37)11-19-31(24(23)29(42)16(4)30(25)48-35)47-34(5,33(44)36-19)12-21(38)17-10-18(17)28(41)15(3)27(40)14(2)26(13)39/h8-9,11,13-15,17-18,22,26-28,37,39-42H,10,12H2,1-7H3,(H,36,44)/b9-8+/t13-,14+,15+,17-,18+,22+,26-,27+,28-,34+,35+/m1/s1. The SMILES string of the molecule is CO[C@H]1/C=C/O[C@@]2(C)Oc3c(C)c(O)c4c5c(cc(O)c4c3C2=O)NC(=O)[C@](C)(CC(=O)[C@@H]2C[C@@H]2[C@H](O)[C@@H](C)[C@@H](O)[C@@H](C)[C@H](O)[C@@H]1C)O5. The van der Waals surface area contributed by atoms with Crippen LogP contribution in [0, 0.1) is 36.5 Å². The van der Waals surface area contributed by atoms with E-state index in [9.17, 15) is 39.9 Å². The van der Waals surface area contributed by atoms with Gasteiger partial charge in [0.2, 0.25) is 0 Å². The number of phenols is 2. The van der Waals surface area contributed by atoms with Crippen LogP contribution in [0.5, 0.6) is 23.0 Å². The average molecular weight is 670 g/mol. The van der Waals surface area contributed by atoms with E-state index < -0.39 is 82.8 Å². The Hall–Kier alpha value is -3.91. The number of aliphatic hydroxyl groups is 3. The number of amides is 1. The predicted molar refractivity (Wildman–Crippen MR) is 171 cm³/mol. The van der Waals surface area contributed by atoms with Gasteiger partial charge in [-0.05, 0) is 32.3 Å². The van der Waals surface area contributed by atoms with Gasteiger partial charge in [-0.3, -0.25) is 14.4 Å². The number of Topliss-reactive ketones (excluding diaryl/α,β-unsaturated/α-hetero) is 2. The van der Waals surface area contributed by atoms with Crippen LogP contribution < -0.4 is 14.8 Å². The Morgan fingerprint density at radius 3 is 2.23 bits per heavy atom. The van der Waals surface area contributed by atoms with Crippen LogP contribution in [0.15, 0.2) is 18.4 Å². The third kappa shape index (κ3) is 5.10. The lowest BCUT2D eigenvalue weighted by Crippen LogP contribution is -2.50. The molecule has 11 atom stereocenters. The van der Waals surface area contributed by atoms with Crippen LogP contribution in [-0.2, 0) is 19.1 Å². The van der Waals surface area contributed by atoms with Gasteiger partial charge >= 0.3 is 5.79 Å². The molecule has 2 aromatic carbocycles. The highest BCUT2D eigenvalue weighted by atomic mass is 16.7. The molecule has 6 N–H and O–H groups in total. The summed E-state index contributed by atoms with van der Waals surface area (Å²) < 4.78 is 23.7. The van der Waals surface area contributed by atoms with Gasteiger partial charge < -0.3 is 49.8 Å². The average Bonchev–Trinajstić information content (AvgIpc) is 3.80. The van der Waals surface area contributed by atoms with Crippen LogP contribution in [0.3, 0.4) is 0 Å². The van der Waals surface area contributed by atoms with Crippen LogP contribution in [0.1, 0.15) is 63.4 Å². The highest BCUT2D eigenvalue weighted by Crippen LogP contribution is 2.56. The molecule has 0 aromatic heterocycles. The number of fused-ring (bicyclic) bond motifs is 3. The zero-order chi connectivity index (χ0) is 35.2. The molecule has 1 saturated carbocycles. The summed E-state index contributed by atoms with van der Waals surface area (Å²) in [5, 5.41) is 58.8. The van der Waals surface area contributed by atoms with E-state index in [-0.39, 0.29) is 57.0 Å². The van der Waals surface area contributed by atoms with E-state index in [1.54, 1.807) is 20.8 Å². The second kappa shape index (κ2) is 11.6. The lowest BCUT2D eigenvalue weighted by molar-refractivity contribution is -0.137. The number of rotatable bonds is 1. The molecule has 0 radical (unpaired) electrons. The van der Waals surface area contributed by atoms with Crippen molar-refractivity contribution in [2.45, 2.75) is 90.2 Å². The molecule has 1 aliphatic carbocycles. The number of benzene rings is 2. The molecule has 6 rings (SSSR count). The molecule has 0 unspecified atom stereocenters.